The molecule has 0 aliphatic rings. The van der Waals surface area contributed by atoms with E-state index in [9.17, 15) is 14.2 Å². The monoisotopic (exact) mass is 332 g/mol. The molecular formula is C12H17N2O7P. The zero-order valence-corrected chi connectivity index (χ0v) is 13.1. The lowest BCUT2D eigenvalue weighted by Crippen LogP contribution is -2.32. The van der Waals surface area contributed by atoms with Gasteiger partial charge < -0.3 is 14.9 Å². The van der Waals surface area contributed by atoms with Gasteiger partial charge in [0.25, 0.3) is 0 Å². The number of rotatable bonds is 6. The van der Waals surface area contributed by atoms with Gasteiger partial charge in [0.2, 0.25) is 5.91 Å². The number of hydrogen-bond donors (Lipinski definition) is 3. The fraction of sp³-hybridized carbons (Fsp3) is 0.417. The van der Waals surface area contributed by atoms with Gasteiger partial charge in [-0.25, -0.2) is 14.3 Å². The summed E-state index contributed by atoms with van der Waals surface area (Å²) in [5.41, 5.74) is -0.0989. The van der Waals surface area contributed by atoms with E-state index in [1.165, 1.54) is 11.9 Å². The average molecular weight is 332 g/mol. The summed E-state index contributed by atoms with van der Waals surface area (Å²) in [4.78, 5) is 45.5. The molecule has 3 N–H and O–H groups in total. The Morgan fingerprint density at radius 2 is 2.00 bits per heavy atom. The van der Waals surface area contributed by atoms with Crippen LogP contribution in [0.5, 0.6) is 0 Å². The van der Waals surface area contributed by atoms with Crippen molar-refractivity contribution in [3.63, 3.8) is 0 Å². The average Bonchev–Trinajstić information content (AvgIpc) is 2.42. The lowest BCUT2D eigenvalue weighted by atomic mass is 10.1. The van der Waals surface area contributed by atoms with Crippen molar-refractivity contribution in [1.29, 1.82) is 0 Å². The van der Waals surface area contributed by atoms with Crippen LogP contribution in [0.2, 0.25) is 0 Å². The fourth-order valence-corrected chi connectivity index (χ4v) is 1.98. The number of hydrogen-bond acceptors (Lipinski definition) is 5. The van der Waals surface area contributed by atoms with E-state index in [0.29, 0.717) is 0 Å². The Kier molecular flexibility index (Phi) is 5.78. The van der Waals surface area contributed by atoms with Gasteiger partial charge in [0.15, 0.2) is 0 Å². The van der Waals surface area contributed by atoms with Crippen LogP contribution in [0, 0.1) is 5.92 Å². The molecule has 0 saturated carbocycles. The molecule has 0 fully saturated rings. The van der Waals surface area contributed by atoms with Gasteiger partial charge in [-0.2, -0.15) is 0 Å². The molecule has 0 aliphatic heterocycles. The van der Waals surface area contributed by atoms with Crippen molar-refractivity contribution in [2.45, 2.75) is 20.5 Å². The van der Waals surface area contributed by atoms with Crippen LogP contribution >= 0.6 is 7.82 Å². The van der Waals surface area contributed by atoms with Crippen molar-refractivity contribution >= 4 is 25.5 Å². The molecule has 1 amide bonds. The van der Waals surface area contributed by atoms with Crippen LogP contribution in [0.1, 0.15) is 29.8 Å². The van der Waals surface area contributed by atoms with Gasteiger partial charge in [-0.05, 0) is 6.07 Å². The second-order valence-electron chi connectivity index (χ2n) is 4.83. The second-order valence-corrected chi connectivity index (χ2v) is 6.07. The largest absolute Gasteiger partial charge is 0.478 e. The lowest BCUT2D eigenvalue weighted by Gasteiger charge is -2.21. The highest BCUT2D eigenvalue weighted by Crippen LogP contribution is 2.38. The van der Waals surface area contributed by atoms with Crippen LogP contribution < -0.4 is 4.90 Å². The van der Waals surface area contributed by atoms with Gasteiger partial charge in [-0.3, -0.25) is 14.2 Å². The molecule has 0 bridgehead atoms. The summed E-state index contributed by atoms with van der Waals surface area (Å²) < 4.78 is 15.2. The van der Waals surface area contributed by atoms with Crippen molar-refractivity contribution in [2.24, 2.45) is 5.92 Å². The first-order chi connectivity index (χ1) is 10.0. The maximum absolute atomic E-state index is 12.0. The predicted octanol–water partition coefficient (Wildman–Crippen LogP) is 1.01. The Morgan fingerprint density at radius 3 is 2.45 bits per heavy atom. The summed E-state index contributed by atoms with van der Waals surface area (Å²) in [6.07, 6.45) is 1.06. The molecule has 0 aliphatic carbocycles. The SMILES string of the molecule is CC(C)C(=O)N(C)c1ncc(C(=O)O)cc1COP(=O)(O)O. The number of carbonyl (C=O) groups is 2. The predicted molar refractivity (Wildman–Crippen MR) is 76.3 cm³/mol. The number of carbonyl (C=O) groups excluding carboxylic acids is 1. The van der Waals surface area contributed by atoms with E-state index in [4.69, 9.17) is 14.9 Å². The van der Waals surface area contributed by atoms with E-state index in [-0.39, 0.29) is 28.8 Å². The van der Waals surface area contributed by atoms with E-state index in [1.807, 2.05) is 0 Å². The third-order valence-electron chi connectivity index (χ3n) is 2.72. The number of carboxylic acids is 1. The molecule has 0 aromatic carbocycles. The normalized spacial score (nSPS) is 11.5. The number of phosphoric acid groups is 1. The Labute approximate surface area is 126 Å². The minimum absolute atomic E-state index is 0.0807. The first kappa shape index (κ1) is 18.2. The van der Waals surface area contributed by atoms with Gasteiger partial charge in [0, 0.05) is 24.7 Å². The van der Waals surface area contributed by atoms with E-state index in [2.05, 4.69) is 9.51 Å². The number of pyridine rings is 1. The lowest BCUT2D eigenvalue weighted by molar-refractivity contribution is -0.121. The number of anilines is 1. The van der Waals surface area contributed by atoms with Crippen LogP contribution in [-0.4, -0.2) is 38.8 Å². The first-order valence-corrected chi connectivity index (χ1v) is 7.76. The molecule has 0 atom stereocenters. The van der Waals surface area contributed by atoms with Gasteiger partial charge in [0.05, 0.1) is 12.2 Å². The number of amides is 1. The molecule has 0 saturated heterocycles. The van der Waals surface area contributed by atoms with Crippen LogP contribution in [-0.2, 0) is 20.5 Å². The Hall–Kier alpha value is -1.80. The molecule has 0 spiro atoms. The van der Waals surface area contributed by atoms with Crippen molar-refractivity contribution in [3.8, 4) is 0 Å². The summed E-state index contributed by atoms with van der Waals surface area (Å²) in [6.45, 7) is 2.77. The quantitative estimate of drug-likeness (QED) is 0.656. The van der Waals surface area contributed by atoms with Crippen molar-refractivity contribution < 1.29 is 33.6 Å². The molecule has 1 aromatic heterocycles. The Bertz CT molecular complexity index is 626. The number of carboxylic acid groups (broad SMARTS) is 1. The molecule has 1 aromatic rings. The topological polar surface area (TPSA) is 137 Å². The second kappa shape index (κ2) is 6.97. The number of aromatic carboxylic acids is 1. The highest BCUT2D eigenvalue weighted by Gasteiger charge is 2.22. The van der Waals surface area contributed by atoms with Crippen molar-refractivity contribution in [3.05, 3.63) is 23.4 Å². The molecule has 9 nitrogen and oxygen atoms in total. The number of phosphoric ester groups is 1. The third-order valence-corrected chi connectivity index (χ3v) is 3.19. The third kappa shape index (κ3) is 4.88. The maximum atomic E-state index is 12.0. The molecule has 1 rings (SSSR count). The highest BCUT2D eigenvalue weighted by atomic mass is 31.2. The highest BCUT2D eigenvalue weighted by molar-refractivity contribution is 7.46. The number of nitrogens with zero attached hydrogens (tertiary/aromatic N) is 2. The minimum atomic E-state index is -4.74. The number of aromatic nitrogens is 1. The van der Waals surface area contributed by atoms with Gasteiger partial charge >= 0.3 is 13.8 Å². The van der Waals surface area contributed by atoms with Crippen molar-refractivity contribution in [2.75, 3.05) is 11.9 Å². The van der Waals surface area contributed by atoms with Crippen LogP contribution in [0.25, 0.3) is 0 Å². The van der Waals surface area contributed by atoms with Gasteiger partial charge in [-0.15, -0.1) is 0 Å². The zero-order chi connectivity index (χ0) is 17.1. The molecule has 10 heteroatoms. The Balaban J connectivity index is 3.22. The molecule has 122 valence electrons. The van der Waals surface area contributed by atoms with E-state index >= 15 is 0 Å². The minimum Gasteiger partial charge on any atom is -0.478 e. The summed E-state index contributed by atoms with van der Waals surface area (Å²) in [5, 5.41) is 8.95. The van der Waals surface area contributed by atoms with Crippen LogP contribution in [0.4, 0.5) is 5.82 Å². The molecule has 0 unspecified atom stereocenters. The maximum Gasteiger partial charge on any atom is 0.469 e. The Morgan fingerprint density at radius 1 is 1.41 bits per heavy atom. The van der Waals surface area contributed by atoms with Crippen molar-refractivity contribution in [1.82, 2.24) is 4.98 Å². The smallest absolute Gasteiger partial charge is 0.469 e. The molecule has 1 heterocycles. The zero-order valence-electron chi connectivity index (χ0n) is 12.3. The summed E-state index contributed by atoms with van der Waals surface area (Å²) in [5.74, 6) is -1.79. The van der Waals surface area contributed by atoms with E-state index in [1.54, 1.807) is 13.8 Å². The summed E-state index contributed by atoms with van der Waals surface area (Å²) in [7, 11) is -3.30. The summed E-state index contributed by atoms with van der Waals surface area (Å²) >= 11 is 0. The van der Waals surface area contributed by atoms with Crippen LogP contribution in [0.15, 0.2) is 12.3 Å². The van der Waals surface area contributed by atoms with E-state index in [0.717, 1.165) is 12.3 Å². The summed E-state index contributed by atoms with van der Waals surface area (Å²) in [6, 6.07) is 1.16. The van der Waals surface area contributed by atoms with E-state index < -0.39 is 20.4 Å². The van der Waals surface area contributed by atoms with Gasteiger partial charge in [0.1, 0.15) is 5.82 Å². The fourth-order valence-electron chi connectivity index (χ4n) is 1.67. The standard InChI is InChI=1S/C12H17N2O7P/c1-7(2)11(15)14(3)10-9(6-21-22(18,19)20)4-8(5-13-10)12(16)17/h4-5,7H,6H2,1-3H3,(H,16,17)(H2,18,19,20). The molecule has 0 radical (unpaired) electrons. The van der Waals surface area contributed by atoms with Crippen LogP contribution in [0.3, 0.4) is 0 Å². The molecule has 22 heavy (non-hydrogen) atoms. The molecular weight excluding hydrogens is 315 g/mol. The first-order valence-electron chi connectivity index (χ1n) is 6.22. The van der Waals surface area contributed by atoms with Gasteiger partial charge in [-0.1, -0.05) is 13.8 Å².